The first-order chi connectivity index (χ1) is 18.5. The Balaban J connectivity index is 1.35. The van der Waals surface area contributed by atoms with Gasteiger partial charge in [0.25, 0.3) is 5.91 Å². The Bertz CT molecular complexity index is 1490. The molecule has 0 bridgehead atoms. The Morgan fingerprint density at radius 3 is 2.84 bits per heavy atom. The normalized spacial score (nSPS) is 16.6. The van der Waals surface area contributed by atoms with Crippen LogP contribution < -0.4 is 10.6 Å². The minimum absolute atomic E-state index is 0.0851. The average molecular weight is 512 g/mol. The van der Waals surface area contributed by atoms with E-state index in [1.54, 1.807) is 12.4 Å². The molecule has 9 nitrogen and oxygen atoms in total. The van der Waals surface area contributed by atoms with Gasteiger partial charge in [0.1, 0.15) is 5.82 Å². The van der Waals surface area contributed by atoms with E-state index in [4.69, 9.17) is 9.72 Å². The molecule has 1 fully saturated rings. The summed E-state index contributed by atoms with van der Waals surface area (Å²) in [7, 11) is 4.13. The summed E-state index contributed by atoms with van der Waals surface area (Å²) < 4.78 is 7.58. The van der Waals surface area contributed by atoms with Crippen LogP contribution in [0.3, 0.4) is 0 Å². The van der Waals surface area contributed by atoms with Crippen LogP contribution in [0.4, 0.5) is 11.5 Å². The maximum atomic E-state index is 13.0. The highest BCUT2D eigenvalue weighted by Crippen LogP contribution is 2.37. The lowest BCUT2D eigenvalue weighted by Crippen LogP contribution is -2.23. The van der Waals surface area contributed by atoms with E-state index in [0.717, 1.165) is 72.3 Å². The Morgan fingerprint density at radius 2 is 2.03 bits per heavy atom. The van der Waals surface area contributed by atoms with E-state index in [1.807, 2.05) is 35.0 Å². The first-order valence-corrected chi connectivity index (χ1v) is 13.2. The van der Waals surface area contributed by atoms with Crippen LogP contribution in [0.15, 0.2) is 49.1 Å². The van der Waals surface area contributed by atoms with Crippen LogP contribution in [0.2, 0.25) is 0 Å². The van der Waals surface area contributed by atoms with Crippen molar-refractivity contribution in [1.29, 1.82) is 0 Å². The summed E-state index contributed by atoms with van der Waals surface area (Å²) in [6.07, 6.45) is 9.35. The number of carbonyl (C=O) groups excluding carboxylic acids is 1. The van der Waals surface area contributed by atoms with Crippen molar-refractivity contribution < 1.29 is 9.53 Å². The molecule has 1 saturated heterocycles. The zero-order valence-corrected chi connectivity index (χ0v) is 22.1. The Labute approximate surface area is 222 Å². The second-order valence-electron chi connectivity index (χ2n) is 10.5. The smallest absolute Gasteiger partial charge is 0.254 e. The van der Waals surface area contributed by atoms with Gasteiger partial charge in [0, 0.05) is 44.3 Å². The van der Waals surface area contributed by atoms with Crippen molar-refractivity contribution in [3.63, 3.8) is 0 Å². The fourth-order valence-electron chi connectivity index (χ4n) is 5.76. The predicted octanol–water partition coefficient (Wildman–Crippen LogP) is 4.37. The van der Waals surface area contributed by atoms with Gasteiger partial charge >= 0.3 is 0 Å². The third-order valence-corrected chi connectivity index (χ3v) is 7.76. The standard InChI is InChI=1S/C29H33N7O2/c1-18(19-8-12-38-13-9-19)20-5-7-26(34-24(20)17-35(2)3)33-23-6-4-21(22-14-32-29(37)28(22)23)25-15-31-27-16-30-10-11-36(25)27/h4-7,10-11,15-16,18-19H,8-9,12-14,17H2,1-3H3,(H,32,37)(H,33,34)/t18-/m1/s1. The number of aromatic nitrogens is 4. The van der Waals surface area contributed by atoms with Crippen LogP contribution in [0, 0.1) is 5.92 Å². The predicted molar refractivity (Wildman–Crippen MR) is 146 cm³/mol. The minimum atomic E-state index is -0.0851. The van der Waals surface area contributed by atoms with E-state index < -0.39 is 0 Å². The largest absolute Gasteiger partial charge is 0.381 e. The van der Waals surface area contributed by atoms with Crippen LogP contribution in [-0.2, 0) is 17.8 Å². The highest BCUT2D eigenvalue weighted by molar-refractivity contribution is 6.06. The molecule has 38 heavy (non-hydrogen) atoms. The van der Waals surface area contributed by atoms with E-state index >= 15 is 0 Å². The summed E-state index contributed by atoms with van der Waals surface area (Å²) in [6.45, 7) is 5.20. The van der Waals surface area contributed by atoms with Crippen molar-refractivity contribution in [2.24, 2.45) is 5.92 Å². The first-order valence-electron chi connectivity index (χ1n) is 13.2. The van der Waals surface area contributed by atoms with Gasteiger partial charge in [-0.05, 0) is 62.0 Å². The zero-order chi connectivity index (χ0) is 26.2. The summed E-state index contributed by atoms with van der Waals surface area (Å²) in [5.74, 6) is 1.66. The van der Waals surface area contributed by atoms with Crippen molar-refractivity contribution in [1.82, 2.24) is 29.6 Å². The molecule has 0 unspecified atom stereocenters. The Morgan fingerprint density at radius 1 is 1.18 bits per heavy atom. The molecule has 2 aliphatic rings. The number of benzene rings is 1. The number of hydrogen-bond acceptors (Lipinski definition) is 7. The second-order valence-corrected chi connectivity index (χ2v) is 10.5. The van der Waals surface area contributed by atoms with E-state index in [0.29, 0.717) is 23.9 Å². The molecule has 2 N–H and O–H groups in total. The molecular formula is C29H33N7O2. The lowest BCUT2D eigenvalue weighted by molar-refractivity contribution is 0.0594. The number of amides is 1. The van der Waals surface area contributed by atoms with Crippen molar-refractivity contribution in [3.05, 3.63) is 71.4 Å². The van der Waals surface area contributed by atoms with E-state index in [9.17, 15) is 4.79 Å². The van der Waals surface area contributed by atoms with Crippen LogP contribution in [0.25, 0.3) is 16.9 Å². The highest BCUT2D eigenvalue weighted by atomic mass is 16.5. The molecule has 0 saturated carbocycles. The maximum absolute atomic E-state index is 13.0. The van der Waals surface area contributed by atoms with E-state index in [-0.39, 0.29) is 5.91 Å². The van der Waals surface area contributed by atoms with Gasteiger partial charge in [0.15, 0.2) is 5.65 Å². The first kappa shape index (κ1) is 24.5. The number of hydrogen-bond donors (Lipinski definition) is 2. The lowest BCUT2D eigenvalue weighted by Gasteiger charge is -2.29. The van der Waals surface area contributed by atoms with Crippen molar-refractivity contribution >= 4 is 23.1 Å². The molecule has 4 aromatic rings. The highest BCUT2D eigenvalue weighted by Gasteiger charge is 2.28. The third-order valence-electron chi connectivity index (χ3n) is 7.76. The van der Waals surface area contributed by atoms with Gasteiger partial charge in [-0.25, -0.2) is 9.97 Å². The molecule has 0 radical (unpaired) electrons. The Hall–Kier alpha value is -3.82. The van der Waals surface area contributed by atoms with Gasteiger partial charge in [0.05, 0.1) is 35.0 Å². The maximum Gasteiger partial charge on any atom is 0.254 e. The molecule has 1 aromatic carbocycles. The number of carbonyl (C=O) groups is 1. The molecule has 6 rings (SSSR count). The molecule has 1 atom stereocenters. The number of ether oxygens (including phenoxy) is 1. The van der Waals surface area contributed by atoms with Crippen molar-refractivity contribution in [2.45, 2.75) is 38.8 Å². The number of imidazole rings is 1. The number of fused-ring (bicyclic) bond motifs is 2. The molecule has 196 valence electrons. The van der Waals surface area contributed by atoms with Gasteiger partial charge in [-0.3, -0.25) is 14.2 Å². The fraction of sp³-hybridized carbons (Fsp3) is 0.379. The third kappa shape index (κ3) is 4.52. The van der Waals surface area contributed by atoms with Gasteiger partial charge in [-0.15, -0.1) is 0 Å². The monoisotopic (exact) mass is 511 g/mol. The van der Waals surface area contributed by atoms with Gasteiger partial charge in [-0.1, -0.05) is 19.1 Å². The average Bonchev–Trinajstić information content (AvgIpc) is 3.53. The van der Waals surface area contributed by atoms with Crippen molar-refractivity contribution in [3.8, 4) is 11.3 Å². The summed E-state index contributed by atoms with van der Waals surface area (Å²) in [4.78, 5) is 28.8. The molecule has 9 heteroatoms. The quantitative estimate of drug-likeness (QED) is 0.380. The van der Waals surface area contributed by atoms with Crippen LogP contribution in [0.1, 0.15) is 52.9 Å². The van der Waals surface area contributed by atoms with E-state index in [2.05, 4.69) is 52.6 Å². The number of rotatable bonds is 7. The summed E-state index contributed by atoms with van der Waals surface area (Å²) in [6, 6.07) is 8.25. The van der Waals surface area contributed by atoms with Crippen LogP contribution in [-0.4, -0.2) is 57.5 Å². The van der Waals surface area contributed by atoms with Crippen LogP contribution >= 0.6 is 0 Å². The lowest BCUT2D eigenvalue weighted by atomic mass is 9.82. The molecule has 5 heterocycles. The second kappa shape index (κ2) is 10.2. The molecule has 3 aromatic heterocycles. The number of nitrogens with one attached hydrogen (secondary N) is 2. The number of pyridine rings is 1. The molecule has 0 aliphatic carbocycles. The summed E-state index contributed by atoms with van der Waals surface area (Å²) in [5, 5.41) is 6.46. The van der Waals surface area contributed by atoms with Gasteiger partial charge in [-0.2, -0.15) is 0 Å². The molecule has 0 spiro atoms. The van der Waals surface area contributed by atoms with Gasteiger partial charge < -0.3 is 20.3 Å². The van der Waals surface area contributed by atoms with Gasteiger partial charge in [0.2, 0.25) is 0 Å². The number of nitrogens with zero attached hydrogens (tertiary/aromatic N) is 5. The number of anilines is 2. The SMILES string of the molecule is C[C@@H](c1ccc(Nc2ccc(-c3cnc4cnccn34)c3c2C(=O)NC3)nc1CN(C)C)C1CCOCC1. The summed E-state index contributed by atoms with van der Waals surface area (Å²) >= 11 is 0. The topological polar surface area (TPSA) is 96.7 Å². The Kier molecular flexibility index (Phi) is 6.55. The fourth-order valence-corrected chi connectivity index (χ4v) is 5.76. The zero-order valence-electron chi connectivity index (χ0n) is 22.1. The summed E-state index contributed by atoms with van der Waals surface area (Å²) in [5.41, 5.74) is 7.39. The minimum Gasteiger partial charge on any atom is -0.381 e. The molecule has 2 aliphatic heterocycles. The van der Waals surface area contributed by atoms with Crippen molar-refractivity contribution in [2.75, 3.05) is 32.6 Å². The van der Waals surface area contributed by atoms with E-state index in [1.165, 1.54) is 5.56 Å². The van der Waals surface area contributed by atoms with Crippen LogP contribution in [0.5, 0.6) is 0 Å². The molecule has 1 amide bonds. The molecular weight excluding hydrogens is 478 g/mol.